The van der Waals surface area contributed by atoms with Crippen LogP contribution in [-0.4, -0.2) is 24.3 Å². The van der Waals surface area contributed by atoms with Gasteiger partial charge in [-0.2, -0.15) is 5.26 Å². The molecule has 0 fully saturated rings. The average molecular weight is 233 g/mol. The van der Waals surface area contributed by atoms with Crippen molar-refractivity contribution in [2.24, 2.45) is 0 Å². The second-order valence-electron chi connectivity index (χ2n) is 3.58. The molecule has 17 heavy (non-hydrogen) atoms. The number of hydrogen-bond donors (Lipinski definition) is 3. The maximum Gasteiger partial charge on any atom is 0.315 e. The number of amides is 2. The van der Waals surface area contributed by atoms with Gasteiger partial charge in [0.2, 0.25) is 0 Å². The first kappa shape index (κ1) is 13.0. The Bertz CT molecular complexity index is 409. The second-order valence-corrected chi connectivity index (χ2v) is 3.58. The van der Waals surface area contributed by atoms with Crippen molar-refractivity contribution in [1.82, 2.24) is 10.6 Å². The van der Waals surface area contributed by atoms with Gasteiger partial charge in [-0.05, 0) is 24.6 Å². The van der Waals surface area contributed by atoms with Crippen LogP contribution >= 0.6 is 0 Å². The maximum atomic E-state index is 11.3. The summed E-state index contributed by atoms with van der Waals surface area (Å²) in [6.45, 7) is 1.99. The summed E-state index contributed by atoms with van der Waals surface area (Å²) in [5, 5.41) is 22.4. The van der Waals surface area contributed by atoms with Crippen molar-refractivity contribution in [2.75, 3.05) is 13.2 Å². The molecular formula is C12H15N3O2. The molecule has 0 bridgehead atoms. The molecule has 0 aliphatic heterocycles. The number of carbonyl (C=O) groups is 1. The molecule has 0 aliphatic carbocycles. The molecule has 1 atom stereocenters. The molecule has 1 unspecified atom stereocenters. The number of aliphatic hydroxyl groups excluding tert-OH is 1. The van der Waals surface area contributed by atoms with Gasteiger partial charge in [0, 0.05) is 6.54 Å². The lowest BCUT2D eigenvalue weighted by molar-refractivity contribution is 0.231. The standard InChI is InChI=1S/C12H15N3O2/c1-9(15-12(17)14-6-7-16)11-4-2-10(8-13)3-5-11/h2-5,9,16H,6-7H2,1H3,(H2,14,15,17). The second kappa shape index (κ2) is 6.51. The van der Waals surface area contributed by atoms with Crippen molar-refractivity contribution in [3.63, 3.8) is 0 Å². The van der Waals surface area contributed by atoms with Crippen LogP contribution in [-0.2, 0) is 0 Å². The Hall–Kier alpha value is -2.06. The maximum absolute atomic E-state index is 11.3. The molecule has 90 valence electrons. The zero-order valence-electron chi connectivity index (χ0n) is 9.60. The number of urea groups is 1. The average Bonchev–Trinajstić information content (AvgIpc) is 2.36. The molecule has 0 aromatic heterocycles. The molecule has 2 amide bonds. The molecule has 0 radical (unpaired) electrons. The molecule has 5 nitrogen and oxygen atoms in total. The van der Waals surface area contributed by atoms with Crippen LogP contribution in [0.1, 0.15) is 24.1 Å². The third-order valence-corrected chi connectivity index (χ3v) is 2.28. The Kier molecular flexibility index (Phi) is 4.98. The number of aliphatic hydroxyl groups is 1. The first-order valence-corrected chi connectivity index (χ1v) is 5.32. The van der Waals surface area contributed by atoms with Gasteiger partial charge < -0.3 is 15.7 Å². The van der Waals surface area contributed by atoms with E-state index in [1.54, 1.807) is 24.3 Å². The summed E-state index contributed by atoms with van der Waals surface area (Å²) in [4.78, 5) is 11.3. The van der Waals surface area contributed by atoms with E-state index in [4.69, 9.17) is 10.4 Å². The van der Waals surface area contributed by atoms with Gasteiger partial charge in [-0.15, -0.1) is 0 Å². The number of rotatable bonds is 4. The van der Waals surface area contributed by atoms with Gasteiger partial charge in [0.15, 0.2) is 0 Å². The van der Waals surface area contributed by atoms with Crippen LogP contribution in [0.4, 0.5) is 4.79 Å². The molecular weight excluding hydrogens is 218 g/mol. The Balaban J connectivity index is 2.54. The van der Waals surface area contributed by atoms with Gasteiger partial charge in [-0.3, -0.25) is 0 Å². The van der Waals surface area contributed by atoms with Crippen LogP contribution in [0.5, 0.6) is 0 Å². The number of hydrogen-bond acceptors (Lipinski definition) is 3. The fraction of sp³-hybridized carbons (Fsp3) is 0.333. The summed E-state index contributed by atoms with van der Waals surface area (Å²) < 4.78 is 0. The van der Waals surface area contributed by atoms with Crippen molar-refractivity contribution in [2.45, 2.75) is 13.0 Å². The molecule has 0 heterocycles. The van der Waals surface area contributed by atoms with E-state index < -0.39 is 0 Å². The van der Waals surface area contributed by atoms with E-state index in [9.17, 15) is 4.79 Å². The minimum atomic E-state index is -0.323. The number of nitrogens with zero attached hydrogens (tertiary/aromatic N) is 1. The fourth-order valence-electron chi connectivity index (χ4n) is 1.35. The molecule has 0 aliphatic rings. The van der Waals surface area contributed by atoms with E-state index in [2.05, 4.69) is 10.6 Å². The summed E-state index contributed by atoms with van der Waals surface area (Å²) in [6, 6.07) is 8.58. The largest absolute Gasteiger partial charge is 0.395 e. The predicted molar refractivity (Wildman–Crippen MR) is 63.2 cm³/mol. The van der Waals surface area contributed by atoms with Crippen molar-refractivity contribution in [1.29, 1.82) is 5.26 Å². The lowest BCUT2D eigenvalue weighted by Crippen LogP contribution is -2.38. The normalized spacial score (nSPS) is 11.4. The van der Waals surface area contributed by atoms with Crippen LogP contribution in [0.3, 0.4) is 0 Å². The van der Waals surface area contributed by atoms with Gasteiger partial charge >= 0.3 is 6.03 Å². The number of nitrogens with one attached hydrogen (secondary N) is 2. The Morgan fingerprint density at radius 1 is 1.47 bits per heavy atom. The zero-order valence-corrected chi connectivity index (χ0v) is 9.60. The Labute approximate surface area is 100 Å². The highest BCUT2D eigenvalue weighted by atomic mass is 16.3. The summed E-state index contributed by atoms with van der Waals surface area (Å²) >= 11 is 0. The van der Waals surface area contributed by atoms with Crippen molar-refractivity contribution < 1.29 is 9.90 Å². The summed E-state index contributed by atoms with van der Waals surface area (Å²) in [6.07, 6.45) is 0. The number of benzene rings is 1. The molecule has 5 heteroatoms. The van der Waals surface area contributed by atoms with Crippen LogP contribution in [0.25, 0.3) is 0 Å². The Morgan fingerprint density at radius 2 is 2.12 bits per heavy atom. The molecule has 0 saturated carbocycles. The smallest absolute Gasteiger partial charge is 0.315 e. The topological polar surface area (TPSA) is 85.2 Å². The van der Waals surface area contributed by atoms with E-state index in [-0.39, 0.29) is 25.2 Å². The molecule has 1 aromatic carbocycles. The predicted octanol–water partition coefficient (Wildman–Crippen LogP) is 0.911. The van der Waals surface area contributed by atoms with Gasteiger partial charge in [0.25, 0.3) is 0 Å². The minimum Gasteiger partial charge on any atom is -0.395 e. The van der Waals surface area contributed by atoms with E-state index in [1.807, 2.05) is 13.0 Å². The molecule has 0 saturated heterocycles. The lowest BCUT2D eigenvalue weighted by Gasteiger charge is -2.14. The van der Waals surface area contributed by atoms with Gasteiger partial charge in [0.1, 0.15) is 0 Å². The van der Waals surface area contributed by atoms with E-state index in [1.165, 1.54) is 0 Å². The first-order valence-electron chi connectivity index (χ1n) is 5.32. The monoisotopic (exact) mass is 233 g/mol. The summed E-state index contributed by atoms with van der Waals surface area (Å²) in [7, 11) is 0. The highest BCUT2D eigenvalue weighted by molar-refractivity contribution is 5.74. The van der Waals surface area contributed by atoms with Crippen LogP contribution in [0.15, 0.2) is 24.3 Å². The van der Waals surface area contributed by atoms with Gasteiger partial charge in [-0.1, -0.05) is 12.1 Å². The highest BCUT2D eigenvalue weighted by Crippen LogP contribution is 2.12. The van der Waals surface area contributed by atoms with Gasteiger partial charge in [-0.25, -0.2) is 4.79 Å². The van der Waals surface area contributed by atoms with Crippen LogP contribution in [0.2, 0.25) is 0 Å². The minimum absolute atomic E-state index is 0.0847. The van der Waals surface area contributed by atoms with Crippen molar-refractivity contribution in [3.8, 4) is 6.07 Å². The van der Waals surface area contributed by atoms with Crippen molar-refractivity contribution >= 4 is 6.03 Å². The summed E-state index contributed by atoms with van der Waals surface area (Å²) in [5.41, 5.74) is 1.51. The number of carbonyl (C=O) groups excluding carboxylic acids is 1. The fourth-order valence-corrected chi connectivity index (χ4v) is 1.35. The number of nitriles is 1. The first-order chi connectivity index (χ1) is 8.17. The van der Waals surface area contributed by atoms with Crippen molar-refractivity contribution in [3.05, 3.63) is 35.4 Å². The van der Waals surface area contributed by atoms with E-state index >= 15 is 0 Å². The molecule has 1 aromatic rings. The van der Waals surface area contributed by atoms with Crippen LogP contribution in [0, 0.1) is 11.3 Å². The SMILES string of the molecule is CC(NC(=O)NCCO)c1ccc(C#N)cc1. The molecule has 3 N–H and O–H groups in total. The third kappa shape index (κ3) is 4.13. The Morgan fingerprint density at radius 3 is 2.65 bits per heavy atom. The molecule has 1 rings (SSSR count). The lowest BCUT2D eigenvalue weighted by atomic mass is 10.1. The molecule has 0 spiro atoms. The van der Waals surface area contributed by atoms with E-state index in [0.717, 1.165) is 5.56 Å². The summed E-state index contributed by atoms with van der Waals surface area (Å²) in [5.74, 6) is 0. The van der Waals surface area contributed by atoms with Gasteiger partial charge in [0.05, 0.1) is 24.3 Å². The zero-order chi connectivity index (χ0) is 12.7. The quantitative estimate of drug-likeness (QED) is 0.722. The highest BCUT2D eigenvalue weighted by Gasteiger charge is 2.08. The van der Waals surface area contributed by atoms with Crippen LogP contribution < -0.4 is 10.6 Å². The third-order valence-electron chi connectivity index (χ3n) is 2.28. The van der Waals surface area contributed by atoms with E-state index in [0.29, 0.717) is 5.56 Å².